The van der Waals surface area contributed by atoms with Crippen LogP contribution in [0.15, 0.2) is 47.1 Å². The fourth-order valence-electron chi connectivity index (χ4n) is 3.40. The van der Waals surface area contributed by atoms with Crippen molar-refractivity contribution in [3.05, 3.63) is 77.3 Å². The van der Waals surface area contributed by atoms with Crippen LogP contribution in [0.2, 0.25) is 0 Å². The van der Waals surface area contributed by atoms with E-state index >= 15 is 0 Å². The number of benzene rings is 1. The van der Waals surface area contributed by atoms with E-state index in [2.05, 4.69) is 15.0 Å². The van der Waals surface area contributed by atoms with E-state index in [1.54, 1.807) is 36.4 Å². The SMILES string of the molecule is Cc1nccc(C(=O)N2CCC[C@@H]2c2ncc(Cc3cccc(F)c3)o2)n1. The molecule has 0 radical (unpaired) electrons. The zero-order valence-corrected chi connectivity index (χ0v) is 14.9. The molecular formula is C20H19FN4O2. The summed E-state index contributed by atoms with van der Waals surface area (Å²) < 4.78 is 19.2. The van der Waals surface area contributed by atoms with E-state index in [0.29, 0.717) is 36.1 Å². The average Bonchev–Trinajstić information content (AvgIpc) is 3.30. The molecular weight excluding hydrogens is 347 g/mol. The molecule has 1 aromatic carbocycles. The summed E-state index contributed by atoms with van der Waals surface area (Å²) >= 11 is 0. The van der Waals surface area contributed by atoms with Gasteiger partial charge in [-0.15, -0.1) is 0 Å². The van der Waals surface area contributed by atoms with Crippen LogP contribution < -0.4 is 0 Å². The Bertz CT molecular complexity index is 972. The van der Waals surface area contributed by atoms with E-state index in [-0.39, 0.29) is 17.8 Å². The highest BCUT2D eigenvalue weighted by Crippen LogP contribution is 2.33. The third-order valence-corrected chi connectivity index (χ3v) is 4.63. The number of carbonyl (C=O) groups is 1. The van der Waals surface area contributed by atoms with Crippen LogP contribution in [0.1, 0.15) is 52.4 Å². The number of carbonyl (C=O) groups excluding carboxylic acids is 1. The number of hydrogen-bond donors (Lipinski definition) is 0. The van der Waals surface area contributed by atoms with Gasteiger partial charge in [0.05, 0.1) is 6.20 Å². The van der Waals surface area contributed by atoms with Crippen molar-refractivity contribution in [2.45, 2.75) is 32.2 Å². The molecule has 2 aromatic heterocycles. The Labute approximate surface area is 156 Å². The lowest BCUT2D eigenvalue weighted by Gasteiger charge is -2.21. The Morgan fingerprint density at radius 2 is 2.22 bits per heavy atom. The number of nitrogens with zero attached hydrogens (tertiary/aromatic N) is 4. The van der Waals surface area contributed by atoms with Gasteiger partial charge in [0.15, 0.2) is 0 Å². The van der Waals surface area contributed by atoms with Gasteiger partial charge in [-0.25, -0.2) is 19.3 Å². The fourth-order valence-corrected chi connectivity index (χ4v) is 3.40. The molecule has 1 aliphatic heterocycles. The molecule has 6 nitrogen and oxygen atoms in total. The number of oxazole rings is 1. The largest absolute Gasteiger partial charge is 0.443 e. The third kappa shape index (κ3) is 3.72. The summed E-state index contributed by atoms with van der Waals surface area (Å²) in [5.41, 5.74) is 1.19. The van der Waals surface area contributed by atoms with Crippen molar-refractivity contribution in [3.63, 3.8) is 0 Å². The van der Waals surface area contributed by atoms with Gasteiger partial charge in [-0.1, -0.05) is 12.1 Å². The minimum atomic E-state index is -0.278. The predicted molar refractivity (Wildman–Crippen MR) is 95.5 cm³/mol. The lowest BCUT2D eigenvalue weighted by Crippen LogP contribution is -2.31. The minimum Gasteiger partial charge on any atom is -0.443 e. The number of aryl methyl sites for hydroxylation is 1. The van der Waals surface area contributed by atoms with Gasteiger partial charge >= 0.3 is 0 Å². The van der Waals surface area contributed by atoms with Crippen molar-refractivity contribution < 1.29 is 13.6 Å². The molecule has 0 aliphatic carbocycles. The molecule has 1 amide bonds. The van der Waals surface area contributed by atoms with Gasteiger partial charge in [0, 0.05) is 19.2 Å². The Morgan fingerprint density at radius 3 is 3.04 bits per heavy atom. The highest BCUT2D eigenvalue weighted by molar-refractivity contribution is 5.92. The first kappa shape index (κ1) is 17.3. The molecule has 0 spiro atoms. The second-order valence-electron chi connectivity index (χ2n) is 6.62. The zero-order valence-electron chi connectivity index (χ0n) is 14.9. The smallest absolute Gasteiger partial charge is 0.273 e. The average molecular weight is 366 g/mol. The van der Waals surface area contributed by atoms with Gasteiger partial charge in [-0.3, -0.25) is 4.79 Å². The number of hydrogen-bond acceptors (Lipinski definition) is 5. The van der Waals surface area contributed by atoms with Gasteiger partial charge in [-0.2, -0.15) is 0 Å². The summed E-state index contributed by atoms with van der Waals surface area (Å²) in [6.45, 7) is 2.39. The summed E-state index contributed by atoms with van der Waals surface area (Å²) in [6, 6.07) is 7.80. The molecule has 0 saturated carbocycles. The van der Waals surface area contributed by atoms with E-state index in [9.17, 15) is 9.18 Å². The second-order valence-corrected chi connectivity index (χ2v) is 6.62. The Morgan fingerprint density at radius 1 is 1.33 bits per heavy atom. The maximum atomic E-state index is 13.3. The van der Waals surface area contributed by atoms with Crippen molar-refractivity contribution in [1.29, 1.82) is 0 Å². The molecule has 4 rings (SSSR count). The number of aromatic nitrogens is 3. The Balaban J connectivity index is 1.52. The Kier molecular flexibility index (Phi) is 4.66. The summed E-state index contributed by atoms with van der Waals surface area (Å²) in [4.78, 5) is 27.2. The van der Waals surface area contributed by atoms with Gasteiger partial charge in [0.25, 0.3) is 5.91 Å². The molecule has 138 valence electrons. The molecule has 1 saturated heterocycles. The first-order valence-electron chi connectivity index (χ1n) is 8.90. The summed E-state index contributed by atoms with van der Waals surface area (Å²) in [7, 11) is 0. The van der Waals surface area contributed by atoms with Gasteiger partial charge in [0.2, 0.25) is 5.89 Å². The van der Waals surface area contributed by atoms with Crippen molar-refractivity contribution in [2.75, 3.05) is 6.54 Å². The molecule has 0 unspecified atom stereocenters. The molecule has 1 atom stereocenters. The van der Waals surface area contributed by atoms with Gasteiger partial charge < -0.3 is 9.32 Å². The lowest BCUT2D eigenvalue weighted by molar-refractivity contribution is 0.0708. The van der Waals surface area contributed by atoms with Gasteiger partial charge in [-0.05, 0) is 43.5 Å². The molecule has 27 heavy (non-hydrogen) atoms. The van der Waals surface area contributed by atoms with E-state index in [0.717, 1.165) is 18.4 Å². The van der Waals surface area contributed by atoms with Crippen molar-refractivity contribution in [2.24, 2.45) is 0 Å². The quantitative estimate of drug-likeness (QED) is 0.707. The highest BCUT2D eigenvalue weighted by atomic mass is 19.1. The number of amides is 1. The number of likely N-dealkylation sites (tertiary alicyclic amines) is 1. The topological polar surface area (TPSA) is 72.1 Å². The zero-order chi connectivity index (χ0) is 18.8. The van der Waals surface area contributed by atoms with E-state index in [1.165, 1.54) is 12.1 Å². The minimum absolute atomic E-state index is 0.145. The predicted octanol–water partition coefficient (Wildman–Crippen LogP) is 3.48. The molecule has 0 bridgehead atoms. The van der Waals surface area contributed by atoms with E-state index in [1.807, 2.05) is 6.07 Å². The van der Waals surface area contributed by atoms with Gasteiger partial charge in [0.1, 0.15) is 29.1 Å². The van der Waals surface area contributed by atoms with Crippen LogP contribution >= 0.6 is 0 Å². The first-order valence-corrected chi connectivity index (χ1v) is 8.90. The van der Waals surface area contributed by atoms with Crippen molar-refractivity contribution in [1.82, 2.24) is 19.9 Å². The summed E-state index contributed by atoms with van der Waals surface area (Å²) in [6.07, 6.45) is 5.35. The summed E-state index contributed by atoms with van der Waals surface area (Å²) in [5.74, 6) is 1.30. The van der Waals surface area contributed by atoms with Crippen LogP contribution in [-0.4, -0.2) is 32.3 Å². The Hall–Kier alpha value is -3.09. The number of rotatable bonds is 4. The molecule has 3 heterocycles. The second kappa shape index (κ2) is 7.26. The van der Waals surface area contributed by atoms with Crippen LogP contribution in [0.4, 0.5) is 4.39 Å². The fraction of sp³-hybridized carbons (Fsp3) is 0.300. The number of halogens is 1. The maximum Gasteiger partial charge on any atom is 0.273 e. The molecule has 1 fully saturated rings. The molecule has 1 aliphatic rings. The van der Waals surface area contributed by atoms with Crippen LogP contribution in [0, 0.1) is 12.7 Å². The molecule has 7 heteroatoms. The third-order valence-electron chi connectivity index (χ3n) is 4.63. The first-order chi connectivity index (χ1) is 13.1. The van der Waals surface area contributed by atoms with Crippen molar-refractivity contribution in [3.8, 4) is 0 Å². The van der Waals surface area contributed by atoms with E-state index in [4.69, 9.17) is 4.42 Å². The monoisotopic (exact) mass is 366 g/mol. The van der Waals surface area contributed by atoms with Crippen LogP contribution in [0.5, 0.6) is 0 Å². The normalized spacial score (nSPS) is 16.7. The molecule has 0 N–H and O–H groups in total. The molecule has 3 aromatic rings. The standard InChI is InChI=1S/C20H19FN4O2/c1-13-22-8-7-17(24-13)20(26)25-9-3-6-18(25)19-23-12-16(27-19)11-14-4-2-5-15(21)10-14/h2,4-5,7-8,10,12,18H,3,6,9,11H2,1H3/t18-/m1/s1. The highest BCUT2D eigenvalue weighted by Gasteiger charge is 2.34. The van der Waals surface area contributed by atoms with Crippen LogP contribution in [-0.2, 0) is 6.42 Å². The maximum absolute atomic E-state index is 13.3. The summed E-state index contributed by atoms with van der Waals surface area (Å²) in [5, 5.41) is 0. The van der Waals surface area contributed by atoms with E-state index < -0.39 is 0 Å². The lowest BCUT2D eigenvalue weighted by atomic mass is 10.1. The van der Waals surface area contributed by atoms with Crippen LogP contribution in [0.25, 0.3) is 0 Å². The van der Waals surface area contributed by atoms with Crippen LogP contribution in [0.3, 0.4) is 0 Å². The van der Waals surface area contributed by atoms with Crippen molar-refractivity contribution >= 4 is 5.91 Å².